The standard InChI is InChI=1S/C14H19N5/c1-10-5-6-19-9-11(17-13(19)7-10)8-16-14(15)18(2)12-3-4-12/h5-7,9,12H,3-4,8H2,1-2H3,(H2,15,16). The molecule has 19 heavy (non-hydrogen) atoms. The molecule has 5 nitrogen and oxygen atoms in total. The summed E-state index contributed by atoms with van der Waals surface area (Å²) in [5.74, 6) is 0.607. The number of aryl methyl sites for hydroxylation is 1. The van der Waals surface area contributed by atoms with Gasteiger partial charge in [-0.05, 0) is 37.5 Å². The predicted octanol–water partition coefficient (Wildman–Crippen LogP) is 1.55. The lowest BCUT2D eigenvalue weighted by Gasteiger charge is -2.16. The number of imidazole rings is 1. The molecule has 0 amide bonds. The van der Waals surface area contributed by atoms with Gasteiger partial charge in [0, 0.05) is 25.5 Å². The third-order valence-corrected chi connectivity index (χ3v) is 3.52. The molecule has 1 aliphatic rings. The van der Waals surface area contributed by atoms with Crippen LogP contribution in [0.4, 0.5) is 0 Å². The Balaban J connectivity index is 1.75. The summed E-state index contributed by atoms with van der Waals surface area (Å²) >= 11 is 0. The van der Waals surface area contributed by atoms with E-state index >= 15 is 0 Å². The van der Waals surface area contributed by atoms with E-state index < -0.39 is 0 Å². The maximum Gasteiger partial charge on any atom is 0.191 e. The fraction of sp³-hybridized carbons (Fsp3) is 0.429. The summed E-state index contributed by atoms with van der Waals surface area (Å²) in [6, 6.07) is 4.72. The molecule has 0 spiro atoms. The van der Waals surface area contributed by atoms with Crippen LogP contribution in [0.25, 0.3) is 5.65 Å². The first kappa shape index (κ1) is 12.0. The quantitative estimate of drug-likeness (QED) is 0.670. The highest BCUT2D eigenvalue weighted by atomic mass is 15.3. The summed E-state index contributed by atoms with van der Waals surface area (Å²) in [7, 11) is 2.00. The summed E-state index contributed by atoms with van der Waals surface area (Å²) in [5, 5.41) is 0. The minimum Gasteiger partial charge on any atom is -0.370 e. The van der Waals surface area contributed by atoms with Crippen LogP contribution < -0.4 is 5.73 Å². The van der Waals surface area contributed by atoms with E-state index in [1.54, 1.807) is 0 Å². The van der Waals surface area contributed by atoms with Crippen molar-refractivity contribution in [3.63, 3.8) is 0 Å². The highest BCUT2D eigenvalue weighted by molar-refractivity contribution is 5.78. The number of pyridine rings is 1. The van der Waals surface area contributed by atoms with Gasteiger partial charge < -0.3 is 15.0 Å². The molecule has 1 aliphatic carbocycles. The zero-order valence-electron chi connectivity index (χ0n) is 11.4. The number of aromatic nitrogens is 2. The van der Waals surface area contributed by atoms with Gasteiger partial charge in [0.25, 0.3) is 0 Å². The molecule has 2 aromatic heterocycles. The van der Waals surface area contributed by atoms with Crippen LogP contribution in [0.1, 0.15) is 24.1 Å². The van der Waals surface area contributed by atoms with Crippen LogP contribution in [0, 0.1) is 6.92 Å². The van der Waals surface area contributed by atoms with Gasteiger partial charge in [-0.2, -0.15) is 0 Å². The minimum atomic E-state index is 0.531. The molecule has 0 unspecified atom stereocenters. The maximum atomic E-state index is 5.97. The van der Waals surface area contributed by atoms with Crippen molar-refractivity contribution in [2.45, 2.75) is 32.4 Å². The summed E-state index contributed by atoms with van der Waals surface area (Å²) in [6.07, 6.45) is 6.47. The van der Waals surface area contributed by atoms with Crippen molar-refractivity contribution in [2.24, 2.45) is 10.7 Å². The number of hydrogen-bond donors (Lipinski definition) is 1. The molecule has 0 aromatic carbocycles. The van der Waals surface area contributed by atoms with Crippen LogP contribution in [0.2, 0.25) is 0 Å². The third-order valence-electron chi connectivity index (χ3n) is 3.52. The van der Waals surface area contributed by atoms with Gasteiger partial charge in [-0.25, -0.2) is 9.98 Å². The lowest BCUT2D eigenvalue weighted by molar-refractivity contribution is 0.487. The maximum absolute atomic E-state index is 5.97. The van der Waals surface area contributed by atoms with Crippen LogP contribution in [-0.4, -0.2) is 33.3 Å². The van der Waals surface area contributed by atoms with Crippen molar-refractivity contribution in [3.05, 3.63) is 35.8 Å². The Labute approximate surface area is 112 Å². The zero-order valence-corrected chi connectivity index (χ0v) is 11.4. The van der Waals surface area contributed by atoms with E-state index in [4.69, 9.17) is 5.73 Å². The number of nitrogens with zero attached hydrogens (tertiary/aromatic N) is 4. The van der Waals surface area contributed by atoms with E-state index in [1.165, 1.54) is 18.4 Å². The molecular weight excluding hydrogens is 238 g/mol. The Hall–Kier alpha value is -2.04. The second-order valence-corrected chi connectivity index (χ2v) is 5.22. The highest BCUT2D eigenvalue weighted by Gasteiger charge is 2.27. The second kappa shape index (κ2) is 4.57. The largest absolute Gasteiger partial charge is 0.370 e. The fourth-order valence-corrected chi connectivity index (χ4v) is 2.13. The lowest BCUT2D eigenvalue weighted by Crippen LogP contribution is -2.35. The number of rotatable bonds is 3. The summed E-state index contributed by atoms with van der Waals surface area (Å²) in [4.78, 5) is 11.0. The Morgan fingerprint density at radius 3 is 3.11 bits per heavy atom. The molecular formula is C14H19N5. The fourth-order valence-electron chi connectivity index (χ4n) is 2.13. The molecule has 2 heterocycles. The van der Waals surface area contributed by atoms with Gasteiger partial charge in [0.15, 0.2) is 5.96 Å². The monoisotopic (exact) mass is 257 g/mol. The lowest BCUT2D eigenvalue weighted by atomic mass is 10.3. The molecule has 1 saturated carbocycles. The SMILES string of the molecule is Cc1ccn2cc(CN=C(N)N(C)C3CC3)nc2c1. The Morgan fingerprint density at radius 2 is 2.37 bits per heavy atom. The van der Waals surface area contributed by atoms with Crippen LogP contribution in [0.3, 0.4) is 0 Å². The number of guanidine groups is 1. The second-order valence-electron chi connectivity index (χ2n) is 5.22. The summed E-state index contributed by atoms with van der Waals surface area (Å²) in [6.45, 7) is 2.60. The van der Waals surface area contributed by atoms with Crippen molar-refractivity contribution in [2.75, 3.05) is 7.05 Å². The number of fused-ring (bicyclic) bond motifs is 1. The molecule has 5 heteroatoms. The van der Waals surface area contributed by atoms with E-state index in [2.05, 4.69) is 33.9 Å². The average Bonchev–Trinajstić information content (AvgIpc) is 3.16. The van der Waals surface area contributed by atoms with Gasteiger partial charge in [-0.3, -0.25) is 0 Å². The molecule has 2 aromatic rings. The Morgan fingerprint density at radius 1 is 1.58 bits per heavy atom. The van der Waals surface area contributed by atoms with Gasteiger partial charge in [0.05, 0.1) is 12.2 Å². The first-order chi connectivity index (χ1) is 9.13. The average molecular weight is 257 g/mol. The molecule has 3 rings (SSSR count). The highest BCUT2D eigenvalue weighted by Crippen LogP contribution is 2.24. The van der Waals surface area contributed by atoms with Crippen LogP contribution in [0.15, 0.2) is 29.5 Å². The Bertz CT molecular complexity index is 624. The summed E-state index contributed by atoms with van der Waals surface area (Å²) in [5.41, 5.74) is 9.08. The molecule has 100 valence electrons. The van der Waals surface area contributed by atoms with Gasteiger partial charge in [0.2, 0.25) is 0 Å². The van der Waals surface area contributed by atoms with Gasteiger partial charge in [-0.15, -0.1) is 0 Å². The van der Waals surface area contributed by atoms with E-state index in [0.717, 1.165) is 11.3 Å². The zero-order chi connectivity index (χ0) is 13.4. The summed E-state index contributed by atoms with van der Waals surface area (Å²) < 4.78 is 2.01. The van der Waals surface area contributed by atoms with Crippen molar-refractivity contribution in [1.82, 2.24) is 14.3 Å². The van der Waals surface area contributed by atoms with Gasteiger partial charge in [-0.1, -0.05) is 0 Å². The van der Waals surface area contributed by atoms with Crippen LogP contribution in [-0.2, 0) is 6.54 Å². The molecule has 0 atom stereocenters. The number of hydrogen-bond acceptors (Lipinski definition) is 2. The Kier molecular flexibility index (Phi) is 2.89. The normalized spacial score (nSPS) is 16.0. The molecule has 1 fully saturated rings. The predicted molar refractivity (Wildman–Crippen MR) is 76.0 cm³/mol. The first-order valence-electron chi connectivity index (χ1n) is 6.60. The van der Waals surface area contributed by atoms with Gasteiger partial charge >= 0.3 is 0 Å². The number of nitrogens with two attached hydrogens (primary N) is 1. The molecule has 0 bridgehead atoms. The van der Waals surface area contributed by atoms with Crippen LogP contribution >= 0.6 is 0 Å². The minimum absolute atomic E-state index is 0.531. The van der Waals surface area contributed by atoms with Gasteiger partial charge in [0.1, 0.15) is 5.65 Å². The topological polar surface area (TPSA) is 58.9 Å². The smallest absolute Gasteiger partial charge is 0.191 e. The molecule has 2 N–H and O–H groups in total. The van der Waals surface area contributed by atoms with Crippen molar-refractivity contribution >= 4 is 11.6 Å². The molecule has 0 aliphatic heterocycles. The van der Waals surface area contributed by atoms with Crippen molar-refractivity contribution in [1.29, 1.82) is 0 Å². The first-order valence-corrected chi connectivity index (χ1v) is 6.60. The van der Waals surface area contributed by atoms with Crippen molar-refractivity contribution in [3.8, 4) is 0 Å². The molecule has 0 radical (unpaired) electrons. The van der Waals surface area contributed by atoms with E-state index in [1.807, 2.05) is 23.8 Å². The van der Waals surface area contributed by atoms with E-state index in [9.17, 15) is 0 Å². The number of aliphatic imine (C=N–C) groups is 1. The van der Waals surface area contributed by atoms with Crippen molar-refractivity contribution < 1.29 is 0 Å². The van der Waals surface area contributed by atoms with E-state index in [0.29, 0.717) is 18.5 Å². The molecule has 0 saturated heterocycles. The third kappa shape index (κ3) is 2.54. The van der Waals surface area contributed by atoms with E-state index in [-0.39, 0.29) is 0 Å². The van der Waals surface area contributed by atoms with Crippen LogP contribution in [0.5, 0.6) is 0 Å².